The Morgan fingerprint density at radius 1 is 0.812 bits per heavy atom. The first-order valence-corrected chi connectivity index (χ1v) is 7.53. The Labute approximate surface area is 95.9 Å². The zero-order valence-electron chi connectivity index (χ0n) is 9.17. The standard InChI is InChI=1S/2C3H9NO3S/c2*1-4-2-3-8(5,6)7/h2*4H,2-3H2,1H3,(H,5,6,7). The summed E-state index contributed by atoms with van der Waals surface area (Å²) >= 11 is 0. The average Bonchev–Trinajstić information content (AvgIpc) is 2.10. The highest BCUT2D eigenvalue weighted by atomic mass is 32.2. The van der Waals surface area contributed by atoms with Crippen LogP contribution >= 0.6 is 0 Å². The zero-order valence-corrected chi connectivity index (χ0v) is 10.8. The second-order valence-corrected chi connectivity index (χ2v) is 5.92. The van der Waals surface area contributed by atoms with Crippen LogP contribution in [0.4, 0.5) is 0 Å². The van der Waals surface area contributed by atoms with Crippen molar-refractivity contribution in [2.24, 2.45) is 0 Å². The Bertz CT molecular complexity index is 313. The summed E-state index contributed by atoms with van der Waals surface area (Å²) in [5.74, 6) is -0.438. The highest BCUT2D eigenvalue weighted by molar-refractivity contribution is 7.86. The lowest BCUT2D eigenvalue weighted by molar-refractivity contribution is 0.479. The molecule has 0 spiro atoms. The van der Waals surface area contributed by atoms with Gasteiger partial charge in [0.15, 0.2) is 0 Å². The predicted octanol–water partition coefficient (Wildman–Crippen LogP) is -1.81. The van der Waals surface area contributed by atoms with Crippen LogP contribution in [-0.2, 0) is 20.2 Å². The summed E-state index contributed by atoms with van der Waals surface area (Å²) < 4.78 is 55.8. The van der Waals surface area contributed by atoms with Gasteiger partial charge in [-0.3, -0.25) is 9.11 Å². The highest BCUT2D eigenvalue weighted by Crippen LogP contribution is 1.76. The number of hydrogen-bond acceptors (Lipinski definition) is 6. The van der Waals surface area contributed by atoms with E-state index >= 15 is 0 Å². The molecule has 8 nitrogen and oxygen atoms in total. The molecule has 100 valence electrons. The first kappa shape index (κ1) is 18.1. The maximum absolute atomic E-state index is 9.91. The van der Waals surface area contributed by atoms with Crippen molar-refractivity contribution in [3.63, 3.8) is 0 Å². The molecule has 0 unspecified atom stereocenters. The molecule has 0 aliphatic carbocycles. The van der Waals surface area contributed by atoms with Crippen LogP contribution in [0.15, 0.2) is 0 Å². The molecule has 0 aliphatic heterocycles. The molecule has 0 amide bonds. The molecule has 0 bridgehead atoms. The third-order valence-electron chi connectivity index (χ3n) is 1.22. The third kappa shape index (κ3) is 23.5. The Hall–Kier alpha value is -0.260. The van der Waals surface area contributed by atoms with Crippen LogP contribution in [0.5, 0.6) is 0 Å². The van der Waals surface area contributed by atoms with E-state index in [0.717, 1.165) is 0 Å². The lowest BCUT2D eigenvalue weighted by atomic mass is 10.8. The quantitative estimate of drug-likeness (QED) is 0.418. The smallest absolute Gasteiger partial charge is 0.266 e. The molecule has 0 rings (SSSR count). The summed E-state index contributed by atoms with van der Waals surface area (Å²) in [6, 6.07) is 0. The molecule has 16 heavy (non-hydrogen) atoms. The van der Waals surface area contributed by atoms with Gasteiger partial charge < -0.3 is 10.6 Å². The van der Waals surface area contributed by atoms with Crippen LogP contribution in [0.3, 0.4) is 0 Å². The van der Waals surface area contributed by atoms with Crippen molar-refractivity contribution < 1.29 is 25.9 Å². The molecule has 0 aromatic rings. The largest absolute Gasteiger partial charge is 0.319 e. The van der Waals surface area contributed by atoms with Gasteiger partial charge in [0.2, 0.25) is 0 Å². The normalized spacial score (nSPS) is 11.8. The Balaban J connectivity index is 0. The van der Waals surface area contributed by atoms with Crippen molar-refractivity contribution in [2.45, 2.75) is 0 Å². The number of hydrogen-bond donors (Lipinski definition) is 4. The minimum Gasteiger partial charge on any atom is -0.319 e. The second kappa shape index (κ2) is 8.84. The molecule has 0 aromatic carbocycles. The SMILES string of the molecule is CNCCS(=O)(=O)O.CNCCS(=O)(=O)O. The van der Waals surface area contributed by atoms with E-state index in [1.165, 1.54) is 0 Å². The van der Waals surface area contributed by atoms with Crippen LogP contribution < -0.4 is 10.6 Å². The molecule has 0 fully saturated rings. The molecular weight excluding hydrogens is 260 g/mol. The summed E-state index contributed by atoms with van der Waals surface area (Å²) in [7, 11) is -4.27. The van der Waals surface area contributed by atoms with Gasteiger partial charge in [0.25, 0.3) is 20.2 Å². The zero-order chi connectivity index (χ0) is 13.2. The lowest BCUT2D eigenvalue weighted by Gasteiger charge is -1.92. The third-order valence-corrected chi connectivity index (χ3v) is 2.66. The second-order valence-electron chi connectivity index (χ2n) is 2.78. The summed E-state index contributed by atoms with van der Waals surface area (Å²) in [5, 5.41) is 5.17. The number of rotatable bonds is 6. The first-order valence-electron chi connectivity index (χ1n) is 4.32. The van der Waals surface area contributed by atoms with Crippen molar-refractivity contribution in [1.29, 1.82) is 0 Å². The van der Waals surface area contributed by atoms with Crippen LogP contribution in [0, 0.1) is 0 Å². The Morgan fingerprint density at radius 2 is 1.06 bits per heavy atom. The molecule has 4 N–H and O–H groups in total. The van der Waals surface area contributed by atoms with E-state index in [-0.39, 0.29) is 11.5 Å². The summed E-state index contributed by atoms with van der Waals surface area (Å²) in [4.78, 5) is 0. The predicted molar refractivity (Wildman–Crippen MR) is 60.7 cm³/mol. The van der Waals surface area contributed by atoms with Crippen molar-refractivity contribution in [3.05, 3.63) is 0 Å². The van der Waals surface area contributed by atoms with Crippen LogP contribution in [0.1, 0.15) is 0 Å². The number of nitrogens with one attached hydrogen (secondary N) is 2. The molecule has 0 heterocycles. The minimum atomic E-state index is -3.75. The van der Waals surface area contributed by atoms with Crippen molar-refractivity contribution in [2.75, 3.05) is 38.7 Å². The Morgan fingerprint density at radius 3 is 1.12 bits per heavy atom. The lowest BCUT2D eigenvalue weighted by Crippen LogP contribution is -2.18. The van der Waals surface area contributed by atoms with Crippen molar-refractivity contribution in [1.82, 2.24) is 10.6 Å². The maximum Gasteiger partial charge on any atom is 0.266 e. The van der Waals surface area contributed by atoms with Crippen molar-refractivity contribution in [3.8, 4) is 0 Å². The van der Waals surface area contributed by atoms with Gasteiger partial charge in [0.1, 0.15) is 0 Å². The summed E-state index contributed by atoms with van der Waals surface area (Å²) in [6.07, 6.45) is 0. The van der Waals surface area contributed by atoms with E-state index < -0.39 is 20.2 Å². The van der Waals surface area contributed by atoms with Crippen LogP contribution in [0.2, 0.25) is 0 Å². The fourth-order valence-electron chi connectivity index (χ4n) is 0.462. The van der Waals surface area contributed by atoms with E-state index in [4.69, 9.17) is 9.11 Å². The van der Waals surface area contributed by atoms with Crippen LogP contribution in [0.25, 0.3) is 0 Å². The fraction of sp³-hybridized carbons (Fsp3) is 1.00. The monoisotopic (exact) mass is 278 g/mol. The molecule has 10 heteroatoms. The molecule has 0 aliphatic rings. The van der Waals surface area contributed by atoms with Gasteiger partial charge in [0.05, 0.1) is 11.5 Å². The maximum atomic E-state index is 9.91. The molecule has 0 radical (unpaired) electrons. The van der Waals surface area contributed by atoms with Gasteiger partial charge in [-0.25, -0.2) is 0 Å². The van der Waals surface area contributed by atoms with Gasteiger partial charge >= 0.3 is 0 Å². The minimum absolute atomic E-state index is 0.219. The molecule has 0 saturated carbocycles. The van der Waals surface area contributed by atoms with Gasteiger partial charge in [-0.05, 0) is 14.1 Å². The van der Waals surface area contributed by atoms with Gasteiger partial charge in [-0.1, -0.05) is 0 Å². The summed E-state index contributed by atoms with van der Waals surface area (Å²) in [6.45, 7) is 0.581. The van der Waals surface area contributed by atoms with E-state index in [0.29, 0.717) is 13.1 Å². The van der Waals surface area contributed by atoms with Gasteiger partial charge in [-0.2, -0.15) is 16.8 Å². The Kier molecular flexibility index (Phi) is 10.0. The van der Waals surface area contributed by atoms with Gasteiger partial charge in [-0.15, -0.1) is 0 Å². The van der Waals surface area contributed by atoms with E-state index in [1.807, 2.05) is 0 Å². The van der Waals surface area contributed by atoms with E-state index in [2.05, 4.69) is 10.6 Å². The highest BCUT2D eigenvalue weighted by Gasteiger charge is 2.00. The van der Waals surface area contributed by atoms with E-state index in [1.54, 1.807) is 14.1 Å². The van der Waals surface area contributed by atoms with Crippen molar-refractivity contribution >= 4 is 20.2 Å². The topological polar surface area (TPSA) is 133 Å². The van der Waals surface area contributed by atoms with E-state index in [9.17, 15) is 16.8 Å². The summed E-state index contributed by atoms with van der Waals surface area (Å²) in [5.41, 5.74) is 0. The molecular formula is C6H18N2O6S2. The van der Waals surface area contributed by atoms with Gasteiger partial charge in [0, 0.05) is 13.1 Å². The molecule has 0 saturated heterocycles. The fourth-order valence-corrected chi connectivity index (χ4v) is 1.39. The van der Waals surface area contributed by atoms with Crippen LogP contribution in [-0.4, -0.2) is 64.6 Å². The first-order chi connectivity index (χ1) is 7.12. The molecule has 0 aromatic heterocycles. The average molecular weight is 278 g/mol. The molecule has 0 atom stereocenters.